The van der Waals surface area contributed by atoms with E-state index in [1.54, 1.807) is 0 Å². The van der Waals surface area contributed by atoms with Crippen LogP contribution >= 0.6 is 0 Å². The second-order valence-corrected chi connectivity index (χ2v) is 4.18. The van der Waals surface area contributed by atoms with E-state index in [0.29, 0.717) is 0 Å². The first-order valence-electron chi connectivity index (χ1n) is 5.47. The lowest BCUT2D eigenvalue weighted by molar-refractivity contribution is 0.301. The molecule has 0 aromatic carbocycles. The van der Waals surface area contributed by atoms with Crippen LogP contribution < -0.4 is 5.32 Å². The van der Waals surface area contributed by atoms with Crippen LogP contribution in [0.15, 0.2) is 18.3 Å². The average molecular weight is 190 g/mol. The zero-order valence-electron chi connectivity index (χ0n) is 8.79. The largest absolute Gasteiger partial charge is 0.312 e. The van der Waals surface area contributed by atoms with Crippen molar-refractivity contribution in [3.8, 4) is 0 Å². The predicted molar refractivity (Wildman–Crippen MR) is 58.0 cm³/mol. The summed E-state index contributed by atoms with van der Waals surface area (Å²) in [5.41, 5.74) is 2.47. The molecule has 0 amide bonds. The quantitative estimate of drug-likeness (QED) is 0.788. The maximum atomic E-state index is 4.27. The molecule has 0 radical (unpaired) electrons. The molecule has 2 rings (SSSR count). The summed E-state index contributed by atoms with van der Waals surface area (Å²) >= 11 is 0. The smallest absolute Gasteiger partial charge is 0.0417 e. The fraction of sp³-hybridized carbons (Fsp3) is 0.583. The van der Waals surface area contributed by atoms with Crippen LogP contribution in [0.1, 0.15) is 30.5 Å². The molecule has 0 aliphatic heterocycles. The van der Waals surface area contributed by atoms with Gasteiger partial charge < -0.3 is 5.32 Å². The fourth-order valence-corrected chi connectivity index (χ4v) is 1.81. The van der Waals surface area contributed by atoms with E-state index in [9.17, 15) is 0 Å². The third-order valence-electron chi connectivity index (χ3n) is 3.09. The van der Waals surface area contributed by atoms with Crippen molar-refractivity contribution >= 4 is 0 Å². The summed E-state index contributed by atoms with van der Waals surface area (Å²) in [5, 5.41) is 3.50. The summed E-state index contributed by atoms with van der Waals surface area (Å²) in [6.07, 6.45) is 6.11. The normalized spacial score (nSPS) is 16.6. The highest BCUT2D eigenvalue weighted by Gasteiger charge is 2.16. The van der Waals surface area contributed by atoms with Crippen molar-refractivity contribution in [2.75, 3.05) is 6.54 Å². The first-order chi connectivity index (χ1) is 6.86. The maximum Gasteiger partial charge on any atom is 0.0417 e. The molecule has 1 heterocycles. The Balaban J connectivity index is 1.76. The number of nitrogens with one attached hydrogen (secondary N) is 1. The molecule has 2 nitrogen and oxygen atoms in total. The summed E-state index contributed by atoms with van der Waals surface area (Å²) in [7, 11) is 0. The van der Waals surface area contributed by atoms with E-state index >= 15 is 0 Å². The molecule has 1 aromatic heterocycles. The van der Waals surface area contributed by atoms with E-state index in [2.05, 4.69) is 23.3 Å². The molecule has 1 saturated carbocycles. The lowest BCUT2D eigenvalue weighted by Crippen LogP contribution is -2.27. The van der Waals surface area contributed by atoms with Crippen LogP contribution in [0.4, 0.5) is 0 Å². The van der Waals surface area contributed by atoms with Crippen molar-refractivity contribution < 1.29 is 0 Å². The van der Waals surface area contributed by atoms with Crippen LogP contribution in [0.3, 0.4) is 0 Å². The summed E-state index contributed by atoms with van der Waals surface area (Å²) in [4.78, 5) is 4.27. The molecular weight excluding hydrogens is 172 g/mol. The lowest BCUT2D eigenvalue weighted by Gasteiger charge is -2.25. The van der Waals surface area contributed by atoms with Crippen LogP contribution in [0.2, 0.25) is 0 Å². The highest BCUT2D eigenvalue weighted by atomic mass is 14.9. The van der Waals surface area contributed by atoms with Crippen LogP contribution in [0, 0.1) is 12.8 Å². The van der Waals surface area contributed by atoms with E-state index < -0.39 is 0 Å². The van der Waals surface area contributed by atoms with Gasteiger partial charge in [-0.1, -0.05) is 12.5 Å². The highest BCUT2D eigenvalue weighted by Crippen LogP contribution is 2.25. The summed E-state index contributed by atoms with van der Waals surface area (Å²) in [6.45, 7) is 4.21. The van der Waals surface area contributed by atoms with E-state index in [0.717, 1.165) is 18.2 Å². The second kappa shape index (κ2) is 4.56. The van der Waals surface area contributed by atoms with Gasteiger partial charge >= 0.3 is 0 Å². The molecule has 1 aromatic rings. The average Bonchev–Trinajstić information content (AvgIpc) is 2.12. The van der Waals surface area contributed by atoms with Crippen LogP contribution in [0.25, 0.3) is 0 Å². The van der Waals surface area contributed by atoms with Gasteiger partial charge in [-0.05, 0) is 43.9 Å². The van der Waals surface area contributed by atoms with E-state index in [-0.39, 0.29) is 0 Å². The molecule has 0 unspecified atom stereocenters. The minimum absolute atomic E-state index is 0.937. The van der Waals surface area contributed by atoms with Crippen molar-refractivity contribution in [2.45, 2.75) is 32.7 Å². The minimum atomic E-state index is 0.937. The molecule has 14 heavy (non-hydrogen) atoms. The highest BCUT2D eigenvalue weighted by molar-refractivity contribution is 5.17. The molecule has 76 valence electrons. The molecule has 0 atom stereocenters. The zero-order chi connectivity index (χ0) is 9.80. The first kappa shape index (κ1) is 9.66. The summed E-state index contributed by atoms with van der Waals surface area (Å²) in [6, 6.07) is 4.16. The zero-order valence-corrected chi connectivity index (χ0v) is 8.79. The molecule has 1 aliphatic rings. The van der Waals surface area contributed by atoms with E-state index in [4.69, 9.17) is 0 Å². The Labute approximate surface area is 85.7 Å². The van der Waals surface area contributed by atoms with Gasteiger partial charge in [0.1, 0.15) is 0 Å². The number of nitrogens with zero attached hydrogens (tertiary/aromatic N) is 1. The number of pyridine rings is 1. The number of rotatable bonds is 4. The van der Waals surface area contributed by atoms with Crippen molar-refractivity contribution in [2.24, 2.45) is 5.92 Å². The Morgan fingerprint density at radius 1 is 1.50 bits per heavy atom. The third-order valence-corrected chi connectivity index (χ3v) is 3.09. The topological polar surface area (TPSA) is 24.9 Å². The van der Waals surface area contributed by atoms with Gasteiger partial charge in [0, 0.05) is 18.4 Å². The Morgan fingerprint density at radius 2 is 2.36 bits per heavy atom. The number of hydrogen-bond acceptors (Lipinski definition) is 2. The van der Waals surface area contributed by atoms with Gasteiger partial charge in [-0.25, -0.2) is 0 Å². The Morgan fingerprint density at radius 3 is 3.00 bits per heavy atom. The van der Waals surface area contributed by atoms with Crippen molar-refractivity contribution in [3.05, 3.63) is 29.6 Å². The van der Waals surface area contributed by atoms with E-state index in [1.807, 2.05) is 12.3 Å². The minimum Gasteiger partial charge on any atom is -0.312 e. The van der Waals surface area contributed by atoms with Crippen molar-refractivity contribution in [1.82, 2.24) is 10.3 Å². The molecule has 0 spiro atoms. The SMILES string of the molecule is Cc1ncccc1CNCC1CCC1. The number of aromatic nitrogens is 1. The van der Waals surface area contributed by atoms with Gasteiger partial charge in [0.15, 0.2) is 0 Å². The number of hydrogen-bond donors (Lipinski definition) is 1. The monoisotopic (exact) mass is 190 g/mol. The molecule has 1 aliphatic carbocycles. The molecule has 0 bridgehead atoms. The van der Waals surface area contributed by atoms with Crippen molar-refractivity contribution in [3.63, 3.8) is 0 Å². The van der Waals surface area contributed by atoms with Gasteiger partial charge in [-0.15, -0.1) is 0 Å². The molecule has 2 heteroatoms. The van der Waals surface area contributed by atoms with Gasteiger partial charge in [0.05, 0.1) is 0 Å². The Hall–Kier alpha value is -0.890. The van der Waals surface area contributed by atoms with Gasteiger partial charge in [-0.3, -0.25) is 4.98 Å². The van der Waals surface area contributed by atoms with E-state index in [1.165, 1.54) is 31.4 Å². The predicted octanol–water partition coefficient (Wildman–Crippen LogP) is 2.28. The third kappa shape index (κ3) is 2.32. The van der Waals surface area contributed by atoms with Gasteiger partial charge in [-0.2, -0.15) is 0 Å². The van der Waals surface area contributed by atoms with Crippen LogP contribution in [-0.2, 0) is 6.54 Å². The lowest BCUT2D eigenvalue weighted by atomic mass is 9.85. The summed E-state index contributed by atoms with van der Waals surface area (Å²) in [5.74, 6) is 0.937. The van der Waals surface area contributed by atoms with Gasteiger partial charge in [0.25, 0.3) is 0 Å². The van der Waals surface area contributed by atoms with Crippen molar-refractivity contribution in [1.29, 1.82) is 0 Å². The fourth-order valence-electron chi connectivity index (χ4n) is 1.81. The van der Waals surface area contributed by atoms with Crippen LogP contribution in [-0.4, -0.2) is 11.5 Å². The number of aryl methyl sites for hydroxylation is 1. The Kier molecular flexibility index (Phi) is 3.14. The first-order valence-corrected chi connectivity index (χ1v) is 5.47. The molecular formula is C12H18N2. The second-order valence-electron chi connectivity index (χ2n) is 4.18. The molecule has 0 saturated heterocycles. The summed E-state index contributed by atoms with van der Waals surface area (Å²) < 4.78 is 0. The van der Waals surface area contributed by atoms with Gasteiger partial charge in [0.2, 0.25) is 0 Å². The maximum absolute atomic E-state index is 4.27. The van der Waals surface area contributed by atoms with Crippen LogP contribution in [0.5, 0.6) is 0 Å². The standard InChI is InChI=1S/C12H18N2/c1-10-12(6-3-7-14-10)9-13-8-11-4-2-5-11/h3,6-7,11,13H,2,4-5,8-9H2,1H3. The molecule has 1 fully saturated rings. The molecule has 1 N–H and O–H groups in total. The Bertz CT molecular complexity index is 292.